The molecule has 0 radical (unpaired) electrons. The molecule has 11 heavy (non-hydrogen) atoms. The Bertz CT molecular complexity index is 458. The smallest absolute Gasteiger partial charge is 0.281 e. The van der Waals surface area contributed by atoms with E-state index in [9.17, 15) is 9.59 Å². The molecule has 0 saturated carbocycles. The maximum atomic E-state index is 10.9. The summed E-state index contributed by atoms with van der Waals surface area (Å²) in [6.45, 7) is 0. The number of aromatic nitrogens is 2. The molecule has 2 aliphatic heterocycles. The first kappa shape index (κ1) is 6.48. The van der Waals surface area contributed by atoms with E-state index >= 15 is 0 Å². The predicted octanol–water partition coefficient (Wildman–Crippen LogP) is -0.534. The van der Waals surface area contributed by atoms with E-state index in [0.717, 1.165) is 0 Å². The maximum Gasteiger partial charge on any atom is 0.320 e. The van der Waals surface area contributed by atoms with Gasteiger partial charge in [0, 0.05) is 0 Å². The molecule has 2 rings (SSSR count). The summed E-state index contributed by atoms with van der Waals surface area (Å²) >= 11 is 3.90. The Morgan fingerprint density at radius 1 is 1.27 bits per heavy atom. The summed E-state index contributed by atoms with van der Waals surface area (Å²) < 4.78 is 0. The van der Waals surface area contributed by atoms with Crippen LogP contribution in [0.1, 0.15) is 0 Å². The van der Waals surface area contributed by atoms with Gasteiger partial charge in [0.1, 0.15) is 5.69 Å². The lowest BCUT2D eigenvalue weighted by Gasteiger charge is -1.72. The summed E-state index contributed by atoms with van der Waals surface area (Å²) in [4.78, 5) is 28.7. The van der Waals surface area contributed by atoms with Crippen LogP contribution in [0.4, 0.5) is 0 Å². The van der Waals surface area contributed by atoms with Gasteiger partial charge in [0.25, 0.3) is 5.43 Å². The molecule has 0 spiro atoms. The minimum absolute atomic E-state index is 0.125. The Hall–Kier alpha value is -1.23. The fraction of sp³-hybridized carbons (Fsp3) is 0. The van der Waals surface area contributed by atoms with Gasteiger partial charge in [-0.3, -0.25) is 9.59 Å². The molecular formula is C6H2N2O2S. The second-order valence-electron chi connectivity index (χ2n) is 2.09. The van der Waals surface area contributed by atoms with Crippen LogP contribution in [0.25, 0.3) is 11.4 Å². The summed E-state index contributed by atoms with van der Waals surface area (Å²) in [5.74, 6) is 0. The van der Waals surface area contributed by atoms with Gasteiger partial charge in [-0.2, -0.15) is 0 Å². The molecule has 0 unspecified atom stereocenters. The van der Waals surface area contributed by atoms with Gasteiger partial charge >= 0.3 is 5.56 Å². The highest BCUT2D eigenvalue weighted by Crippen LogP contribution is 2.16. The quantitative estimate of drug-likeness (QED) is 0.422. The van der Waals surface area contributed by atoms with E-state index in [1.807, 2.05) is 0 Å². The van der Waals surface area contributed by atoms with Gasteiger partial charge in [0.15, 0.2) is 0 Å². The van der Waals surface area contributed by atoms with Crippen LogP contribution in [0.3, 0.4) is 0 Å². The normalized spacial score (nSPS) is 11.0. The standard InChI is InChI=1S/C6H2N2O2S/c9-5-4-2(7-6(5)10)1-3(11)8-4/h1,11H. The number of rotatable bonds is 0. The molecule has 0 atom stereocenters. The average molecular weight is 166 g/mol. The van der Waals surface area contributed by atoms with Crippen LogP contribution in [-0.4, -0.2) is 9.97 Å². The Morgan fingerprint density at radius 2 is 2.00 bits per heavy atom. The summed E-state index contributed by atoms with van der Waals surface area (Å²) in [5.41, 5.74) is -0.916. The first-order valence-corrected chi connectivity index (χ1v) is 3.30. The SMILES string of the molecule is O=c1nc2cc(S)nc-2c1=O. The number of hydrogen-bond acceptors (Lipinski definition) is 5. The molecule has 0 fully saturated rings. The van der Waals surface area contributed by atoms with Crippen molar-refractivity contribution in [3.8, 4) is 11.4 Å². The van der Waals surface area contributed by atoms with Gasteiger partial charge in [-0.1, -0.05) is 0 Å². The van der Waals surface area contributed by atoms with Crippen molar-refractivity contribution in [1.29, 1.82) is 0 Å². The van der Waals surface area contributed by atoms with Crippen molar-refractivity contribution in [2.75, 3.05) is 0 Å². The molecule has 5 heteroatoms. The van der Waals surface area contributed by atoms with Gasteiger partial charge in [-0.05, 0) is 6.07 Å². The van der Waals surface area contributed by atoms with Crippen molar-refractivity contribution >= 4 is 12.6 Å². The van der Waals surface area contributed by atoms with Crippen molar-refractivity contribution in [2.24, 2.45) is 0 Å². The molecule has 0 aromatic carbocycles. The zero-order valence-electron chi connectivity index (χ0n) is 5.24. The van der Waals surface area contributed by atoms with E-state index in [2.05, 4.69) is 22.6 Å². The average Bonchev–Trinajstić information content (AvgIpc) is 2.37. The van der Waals surface area contributed by atoms with Gasteiger partial charge in [0.2, 0.25) is 0 Å². The summed E-state index contributed by atoms with van der Waals surface area (Å²) in [6, 6.07) is 1.49. The number of nitrogens with zero attached hydrogens (tertiary/aromatic N) is 2. The fourth-order valence-corrected chi connectivity index (χ4v) is 1.13. The predicted molar refractivity (Wildman–Crippen MR) is 40.8 cm³/mol. The van der Waals surface area contributed by atoms with Crippen molar-refractivity contribution in [3.05, 3.63) is 26.6 Å². The molecule has 0 aromatic heterocycles. The fourth-order valence-electron chi connectivity index (χ4n) is 0.909. The lowest BCUT2D eigenvalue weighted by molar-refractivity contribution is 1.21. The van der Waals surface area contributed by atoms with Crippen LogP contribution >= 0.6 is 12.6 Å². The van der Waals surface area contributed by atoms with Gasteiger partial charge in [-0.15, -0.1) is 12.6 Å². The molecule has 2 heterocycles. The molecule has 2 aliphatic rings. The minimum Gasteiger partial charge on any atom is -0.281 e. The Balaban J connectivity index is 2.98. The summed E-state index contributed by atoms with van der Waals surface area (Å²) in [5, 5.41) is 0.416. The molecular weight excluding hydrogens is 164 g/mol. The minimum atomic E-state index is -0.740. The third-order valence-electron chi connectivity index (χ3n) is 1.37. The van der Waals surface area contributed by atoms with Crippen LogP contribution < -0.4 is 11.0 Å². The number of hydrogen-bond donors (Lipinski definition) is 1. The van der Waals surface area contributed by atoms with E-state index in [1.165, 1.54) is 6.07 Å². The van der Waals surface area contributed by atoms with Crippen molar-refractivity contribution < 1.29 is 0 Å². The Kier molecular flexibility index (Phi) is 1.11. The second kappa shape index (κ2) is 1.88. The maximum absolute atomic E-state index is 10.9. The van der Waals surface area contributed by atoms with E-state index in [4.69, 9.17) is 0 Å². The highest BCUT2D eigenvalue weighted by Gasteiger charge is 2.17. The number of thiol groups is 1. The zero-order valence-corrected chi connectivity index (χ0v) is 6.13. The van der Waals surface area contributed by atoms with E-state index < -0.39 is 11.0 Å². The molecule has 54 valence electrons. The molecule has 0 amide bonds. The van der Waals surface area contributed by atoms with E-state index in [-0.39, 0.29) is 5.69 Å². The lowest BCUT2D eigenvalue weighted by Crippen LogP contribution is -2.19. The Morgan fingerprint density at radius 3 is 2.64 bits per heavy atom. The van der Waals surface area contributed by atoms with E-state index in [0.29, 0.717) is 10.7 Å². The van der Waals surface area contributed by atoms with Crippen LogP contribution in [0.2, 0.25) is 0 Å². The third-order valence-corrected chi connectivity index (χ3v) is 1.60. The lowest BCUT2D eigenvalue weighted by atomic mass is 10.4. The van der Waals surface area contributed by atoms with Crippen LogP contribution in [0.15, 0.2) is 20.7 Å². The highest BCUT2D eigenvalue weighted by molar-refractivity contribution is 7.80. The molecule has 0 saturated heterocycles. The monoisotopic (exact) mass is 166 g/mol. The summed E-state index contributed by atoms with van der Waals surface area (Å²) in [6.07, 6.45) is 0. The third kappa shape index (κ3) is 0.775. The molecule has 4 nitrogen and oxygen atoms in total. The van der Waals surface area contributed by atoms with Gasteiger partial charge in [-0.25, -0.2) is 9.97 Å². The van der Waals surface area contributed by atoms with Crippen LogP contribution in [0, 0.1) is 0 Å². The first-order chi connectivity index (χ1) is 5.18. The van der Waals surface area contributed by atoms with Gasteiger partial charge < -0.3 is 0 Å². The molecule has 0 bridgehead atoms. The Labute approximate surface area is 66.4 Å². The largest absolute Gasteiger partial charge is 0.320 e. The van der Waals surface area contributed by atoms with Crippen molar-refractivity contribution in [2.45, 2.75) is 5.03 Å². The van der Waals surface area contributed by atoms with Gasteiger partial charge in [0.05, 0.1) is 10.7 Å². The van der Waals surface area contributed by atoms with Crippen LogP contribution in [0.5, 0.6) is 0 Å². The second-order valence-corrected chi connectivity index (χ2v) is 2.55. The number of fused-ring (bicyclic) bond motifs is 1. The van der Waals surface area contributed by atoms with E-state index in [1.54, 1.807) is 0 Å². The molecule has 0 N–H and O–H groups in total. The first-order valence-electron chi connectivity index (χ1n) is 2.85. The van der Waals surface area contributed by atoms with Crippen LogP contribution in [-0.2, 0) is 0 Å². The highest BCUT2D eigenvalue weighted by atomic mass is 32.1. The van der Waals surface area contributed by atoms with Crippen molar-refractivity contribution in [1.82, 2.24) is 9.97 Å². The summed E-state index contributed by atoms with van der Waals surface area (Å²) in [7, 11) is 0. The molecule has 0 aliphatic carbocycles. The molecule has 0 aromatic rings. The van der Waals surface area contributed by atoms with Crippen molar-refractivity contribution in [3.63, 3.8) is 0 Å². The topological polar surface area (TPSA) is 59.9 Å². The zero-order chi connectivity index (χ0) is 8.01.